The van der Waals surface area contributed by atoms with Gasteiger partial charge in [-0.05, 0) is 6.07 Å². The lowest BCUT2D eigenvalue weighted by Gasteiger charge is -2.15. The van der Waals surface area contributed by atoms with Gasteiger partial charge < -0.3 is 15.2 Å². The SMILES string of the molecule is COCC(Nc1cc(C(F)(F)F)ncc1[N+](=O)[O-])C(=O)O. The molecule has 116 valence electrons. The second-order valence-electron chi connectivity index (χ2n) is 3.83. The quantitative estimate of drug-likeness (QED) is 0.604. The van der Waals surface area contributed by atoms with Crippen LogP contribution in [-0.4, -0.2) is 40.7 Å². The molecule has 8 nitrogen and oxygen atoms in total. The molecule has 1 heterocycles. The second kappa shape index (κ2) is 6.35. The number of hydrogen-bond donors (Lipinski definition) is 2. The zero-order valence-electron chi connectivity index (χ0n) is 10.5. The molecule has 1 aromatic heterocycles. The first kappa shape index (κ1) is 16.6. The Kier molecular flexibility index (Phi) is 5.02. The standard InChI is InChI=1S/C10H10F3N3O5/c1-21-4-6(9(17)18)15-5-2-8(10(11,12)13)14-3-7(5)16(19)20/h2-3,6H,4H2,1H3,(H,14,15)(H,17,18). The molecule has 0 aromatic carbocycles. The maximum Gasteiger partial charge on any atom is 0.433 e. The summed E-state index contributed by atoms with van der Waals surface area (Å²) in [5.74, 6) is -1.43. The number of nitrogens with one attached hydrogen (secondary N) is 1. The Balaban J connectivity index is 3.23. The molecular weight excluding hydrogens is 299 g/mol. The Morgan fingerprint density at radius 1 is 1.62 bits per heavy atom. The summed E-state index contributed by atoms with van der Waals surface area (Å²) in [6.07, 6.45) is -4.40. The van der Waals surface area contributed by atoms with E-state index in [1.165, 1.54) is 7.11 Å². The summed E-state index contributed by atoms with van der Waals surface area (Å²) in [5, 5.41) is 21.8. The first-order valence-electron chi connectivity index (χ1n) is 5.36. The fourth-order valence-corrected chi connectivity index (χ4v) is 1.39. The van der Waals surface area contributed by atoms with Crippen molar-refractivity contribution in [1.29, 1.82) is 0 Å². The van der Waals surface area contributed by atoms with Crippen LogP contribution in [0.4, 0.5) is 24.5 Å². The van der Waals surface area contributed by atoms with Crippen molar-refractivity contribution in [1.82, 2.24) is 4.98 Å². The predicted molar refractivity (Wildman–Crippen MR) is 62.8 cm³/mol. The normalized spacial score (nSPS) is 12.8. The van der Waals surface area contributed by atoms with E-state index in [2.05, 4.69) is 15.0 Å². The molecule has 0 saturated heterocycles. The molecule has 1 atom stereocenters. The van der Waals surface area contributed by atoms with E-state index in [9.17, 15) is 28.1 Å². The summed E-state index contributed by atoms with van der Waals surface area (Å²) in [6.45, 7) is -0.393. The molecule has 0 radical (unpaired) electrons. The molecule has 0 bridgehead atoms. The molecule has 1 unspecified atom stereocenters. The number of pyridine rings is 1. The number of carbonyl (C=O) groups is 1. The van der Waals surface area contributed by atoms with E-state index >= 15 is 0 Å². The van der Waals surface area contributed by atoms with Crippen LogP contribution < -0.4 is 5.32 Å². The van der Waals surface area contributed by atoms with Gasteiger partial charge in [0.15, 0.2) is 0 Å². The third-order valence-corrected chi connectivity index (χ3v) is 2.33. The molecule has 11 heteroatoms. The molecule has 1 aromatic rings. The number of alkyl halides is 3. The van der Waals surface area contributed by atoms with Gasteiger partial charge in [-0.25, -0.2) is 9.78 Å². The molecule has 0 aliphatic carbocycles. The number of carboxylic acids is 1. The molecule has 2 N–H and O–H groups in total. The van der Waals surface area contributed by atoms with Crippen LogP contribution >= 0.6 is 0 Å². The Bertz CT molecular complexity index is 549. The molecule has 0 amide bonds. The molecule has 0 fully saturated rings. The lowest BCUT2D eigenvalue weighted by Crippen LogP contribution is -2.34. The fourth-order valence-electron chi connectivity index (χ4n) is 1.39. The van der Waals surface area contributed by atoms with Gasteiger partial charge in [-0.1, -0.05) is 0 Å². The van der Waals surface area contributed by atoms with E-state index in [1.54, 1.807) is 0 Å². The van der Waals surface area contributed by atoms with Gasteiger partial charge in [0.25, 0.3) is 0 Å². The Morgan fingerprint density at radius 2 is 2.24 bits per heavy atom. The number of rotatable bonds is 6. The molecule has 0 saturated carbocycles. The van der Waals surface area contributed by atoms with Gasteiger partial charge >= 0.3 is 17.8 Å². The Labute approximate surface area is 115 Å². The third kappa shape index (κ3) is 4.27. The first-order chi connectivity index (χ1) is 9.66. The minimum atomic E-state index is -4.81. The maximum absolute atomic E-state index is 12.5. The highest BCUT2D eigenvalue weighted by atomic mass is 19.4. The Morgan fingerprint density at radius 3 is 2.67 bits per heavy atom. The second-order valence-corrected chi connectivity index (χ2v) is 3.83. The molecule has 0 spiro atoms. The summed E-state index contributed by atoms with van der Waals surface area (Å²) in [5.41, 5.74) is -2.76. The predicted octanol–water partition coefficient (Wildman–Crippen LogP) is 1.52. The van der Waals surface area contributed by atoms with Crippen molar-refractivity contribution in [2.24, 2.45) is 0 Å². The highest BCUT2D eigenvalue weighted by molar-refractivity contribution is 5.79. The monoisotopic (exact) mass is 309 g/mol. The summed E-state index contributed by atoms with van der Waals surface area (Å²) in [4.78, 5) is 23.6. The van der Waals surface area contributed by atoms with Crippen molar-refractivity contribution in [3.8, 4) is 0 Å². The number of anilines is 1. The number of aromatic nitrogens is 1. The fraction of sp³-hybridized carbons (Fsp3) is 0.400. The number of carboxylic acid groups (broad SMARTS) is 1. The number of hydrogen-bond acceptors (Lipinski definition) is 6. The average Bonchev–Trinajstić information content (AvgIpc) is 2.36. The van der Waals surface area contributed by atoms with Crippen LogP contribution in [0, 0.1) is 10.1 Å². The van der Waals surface area contributed by atoms with Crippen molar-refractivity contribution in [3.63, 3.8) is 0 Å². The van der Waals surface area contributed by atoms with E-state index in [1.807, 2.05) is 0 Å². The zero-order chi connectivity index (χ0) is 16.2. The molecule has 0 aliphatic heterocycles. The lowest BCUT2D eigenvalue weighted by molar-refractivity contribution is -0.384. The van der Waals surface area contributed by atoms with Crippen LogP contribution in [0.5, 0.6) is 0 Å². The van der Waals surface area contributed by atoms with Gasteiger partial charge in [-0.3, -0.25) is 10.1 Å². The van der Waals surface area contributed by atoms with Gasteiger partial charge in [-0.15, -0.1) is 0 Å². The summed E-state index contributed by atoms with van der Waals surface area (Å²) >= 11 is 0. The summed E-state index contributed by atoms with van der Waals surface area (Å²) in [6, 6.07) is -1.07. The molecular formula is C10H10F3N3O5. The van der Waals surface area contributed by atoms with E-state index in [4.69, 9.17) is 5.11 Å². The van der Waals surface area contributed by atoms with Crippen LogP contribution in [0.15, 0.2) is 12.3 Å². The van der Waals surface area contributed by atoms with E-state index in [0.29, 0.717) is 12.3 Å². The summed E-state index contributed by atoms with van der Waals surface area (Å²) < 4.78 is 42.2. The van der Waals surface area contributed by atoms with E-state index in [0.717, 1.165) is 0 Å². The van der Waals surface area contributed by atoms with Gasteiger partial charge in [0.1, 0.15) is 23.6 Å². The maximum atomic E-state index is 12.5. The van der Waals surface area contributed by atoms with Gasteiger partial charge in [0, 0.05) is 7.11 Å². The highest BCUT2D eigenvalue weighted by Gasteiger charge is 2.35. The van der Waals surface area contributed by atoms with Gasteiger partial charge in [0.2, 0.25) is 0 Å². The van der Waals surface area contributed by atoms with Crippen LogP contribution in [-0.2, 0) is 15.7 Å². The van der Waals surface area contributed by atoms with Crippen molar-refractivity contribution >= 4 is 17.3 Å². The van der Waals surface area contributed by atoms with Crippen molar-refractivity contribution in [2.45, 2.75) is 12.2 Å². The van der Waals surface area contributed by atoms with E-state index < -0.39 is 46.8 Å². The first-order valence-corrected chi connectivity index (χ1v) is 5.36. The number of ether oxygens (including phenoxy) is 1. The largest absolute Gasteiger partial charge is 0.480 e. The van der Waals surface area contributed by atoms with Crippen LogP contribution in [0.1, 0.15) is 5.69 Å². The van der Waals surface area contributed by atoms with Crippen molar-refractivity contribution in [3.05, 3.63) is 28.1 Å². The van der Waals surface area contributed by atoms with Crippen molar-refractivity contribution in [2.75, 3.05) is 19.0 Å². The number of halogens is 3. The Hall–Kier alpha value is -2.43. The van der Waals surface area contributed by atoms with Gasteiger partial charge in [0.05, 0.1) is 11.5 Å². The van der Waals surface area contributed by atoms with Gasteiger partial charge in [-0.2, -0.15) is 13.2 Å². The van der Waals surface area contributed by atoms with Crippen LogP contribution in [0.2, 0.25) is 0 Å². The number of aliphatic carboxylic acids is 1. The van der Waals surface area contributed by atoms with Crippen LogP contribution in [0.25, 0.3) is 0 Å². The smallest absolute Gasteiger partial charge is 0.433 e. The minimum Gasteiger partial charge on any atom is -0.480 e. The zero-order valence-corrected chi connectivity index (χ0v) is 10.5. The van der Waals surface area contributed by atoms with Crippen molar-refractivity contribution < 1.29 is 32.7 Å². The van der Waals surface area contributed by atoms with Crippen LogP contribution in [0.3, 0.4) is 0 Å². The highest BCUT2D eigenvalue weighted by Crippen LogP contribution is 2.33. The average molecular weight is 309 g/mol. The molecule has 0 aliphatic rings. The summed E-state index contributed by atoms with van der Waals surface area (Å²) in [7, 11) is 1.18. The number of nitrogens with zero attached hydrogens (tertiary/aromatic N) is 2. The van der Waals surface area contributed by atoms with E-state index in [-0.39, 0.29) is 0 Å². The number of nitro groups is 1. The third-order valence-electron chi connectivity index (χ3n) is 2.33. The molecule has 21 heavy (non-hydrogen) atoms. The molecule has 1 rings (SSSR count). The number of methoxy groups -OCH3 is 1. The lowest BCUT2D eigenvalue weighted by atomic mass is 10.2. The topological polar surface area (TPSA) is 115 Å². The minimum absolute atomic E-state index is 0.379.